The molecule has 1 aromatic heterocycles. The first-order valence-corrected chi connectivity index (χ1v) is 28.2. The number of aromatic nitrogens is 1. The van der Waals surface area contributed by atoms with Crippen LogP contribution in [0, 0.1) is 0 Å². The van der Waals surface area contributed by atoms with E-state index in [2.05, 4.69) is 324 Å². The van der Waals surface area contributed by atoms with Crippen molar-refractivity contribution in [2.45, 2.75) is 0 Å². The Hall–Kier alpha value is -9.74. The number of benzene rings is 12. The summed E-state index contributed by atoms with van der Waals surface area (Å²) in [4.78, 5) is 5.09. The zero-order chi connectivity index (χ0) is 50.4. The number of hydrogen-bond donors (Lipinski definition) is 0. The van der Waals surface area contributed by atoms with E-state index in [0.29, 0.717) is 0 Å². The lowest BCUT2D eigenvalue weighted by Gasteiger charge is -2.46. The fourth-order valence-electron chi connectivity index (χ4n) is 12.1. The Balaban J connectivity index is 1.07. The Labute approximate surface area is 445 Å². The first-order chi connectivity index (χ1) is 37.7. The summed E-state index contributed by atoms with van der Waals surface area (Å²) in [5.41, 5.74) is 15.0. The summed E-state index contributed by atoms with van der Waals surface area (Å²) in [5.74, 6) is 1.16. The number of nitrogens with zero attached hydrogens (tertiary/aromatic N) is 3. The summed E-state index contributed by atoms with van der Waals surface area (Å²) in [6, 6.07) is 114. The molecule has 0 aliphatic carbocycles. The lowest BCUT2D eigenvalue weighted by Crippen LogP contribution is -2.77. The minimum atomic E-state index is -3.40. The molecule has 0 spiro atoms. The van der Waals surface area contributed by atoms with Crippen LogP contribution in [-0.2, 0) is 0 Å². The maximum atomic E-state index is 2.56. The molecule has 0 saturated heterocycles. The van der Waals surface area contributed by atoms with Gasteiger partial charge in [0.2, 0.25) is 0 Å². The summed E-state index contributed by atoms with van der Waals surface area (Å²) in [7, 11) is -3.40. The fourth-order valence-corrected chi connectivity index (χ4v) is 17.6. The molecule has 13 aromatic rings. The molecule has 0 unspecified atom stereocenters. The molecule has 358 valence electrons. The van der Waals surface area contributed by atoms with Crippen LogP contribution in [0.1, 0.15) is 0 Å². The van der Waals surface area contributed by atoms with E-state index >= 15 is 0 Å². The highest BCUT2D eigenvalue weighted by molar-refractivity contribution is 7.23. The molecule has 14 rings (SSSR count). The highest BCUT2D eigenvalue weighted by Crippen LogP contribution is 2.47. The molecular weight excluding hydrogens is 935 g/mol. The van der Waals surface area contributed by atoms with Gasteiger partial charge in [0, 0.05) is 49.9 Å². The molecule has 0 atom stereocenters. The Bertz CT molecular complexity index is 4130. The van der Waals surface area contributed by atoms with Crippen molar-refractivity contribution >= 4 is 84.8 Å². The maximum absolute atomic E-state index is 3.40. The smallest absolute Gasteiger partial charge is 0.189 e. The summed E-state index contributed by atoms with van der Waals surface area (Å²) < 4.78 is 2.52. The van der Waals surface area contributed by atoms with Crippen molar-refractivity contribution in [2.75, 3.05) is 9.80 Å². The van der Waals surface area contributed by atoms with Gasteiger partial charge in [0.1, 0.15) is 5.82 Å². The second-order valence-electron chi connectivity index (χ2n) is 19.6. The normalized spacial score (nSPS) is 12.6. The second kappa shape index (κ2) is 18.9. The van der Waals surface area contributed by atoms with Crippen molar-refractivity contribution in [1.82, 2.24) is 4.57 Å². The molecule has 0 radical (unpaired) electrons. The monoisotopic (exact) mass is 985 g/mol. The largest absolute Gasteiger partial charge is 0.311 e. The van der Waals surface area contributed by atoms with E-state index in [4.69, 9.17) is 0 Å². The molecule has 1 aliphatic heterocycles. The van der Waals surface area contributed by atoms with Gasteiger partial charge in [0.15, 0.2) is 8.07 Å². The topological polar surface area (TPSA) is 11.4 Å². The molecule has 76 heavy (non-hydrogen) atoms. The van der Waals surface area contributed by atoms with Gasteiger partial charge >= 0.3 is 0 Å². The zero-order valence-electron chi connectivity index (χ0n) is 41.8. The average molecular weight is 986 g/mol. The Morgan fingerprint density at radius 1 is 0.303 bits per heavy atom. The van der Waals surface area contributed by atoms with E-state index < -0.39 is 8.07 Å². The van der Waals surface area contributed by atoms with Gasteiger partial charge in [0.25, 0.3) is 0 Å². The summed E-state index contributed by atoms with van der Waals surface area (Å²) >= 11 is 0. The zero-order valence-corrected chi connectivity index (χ0v) is 42.8. The van der Waals surface area contributed by atoms with Gasteiger partial charge in [0.05, 0.1) is 5.52 Å². The molecule has 0 N–H and O–H groups in total. The fraction of sp³-hybridized carbons (Fsp3) is 0. The first-order valence-electron chi connectivity index (χ1n) is 26.2. The molecule has 0 bridgehead atoms. The SMILES string of the molecule is c1ccc(-c2ccc(-c3ccc(N(c4ccc(-c5cccc6ccccc56)cc4)c4cccc5c4[Si](c4ccccc4)(c4ccccc4)c4c(n(-c6ccccc6)c6ccccc46)N5c4ccccc4)cc3)cc2)cc1. The lowest BCUT2D eigenvalue weighted by molar-refractivity contribution is 1.08. The van der Waals surface area contributed by atoms with Crippen molar-refractivity contribution in [3.8, 4) is 39.1 Å². The molecule has 12 aromatic carbocycles. The summed E-state index contributed by atoms with van der Waals surface area (Å²) in [6.45, 7) is 0. The van der Waals surface area contributed by atoms with Crippen LogP contribution in [0.4, 0.5) is 34.3 Å². The van der Waals surface area contributed by atoms with Gasteiger partial charge in [-0.3, -0.25) is 9.47 Å². The van der Waals surface area contributed by atoms with Gasteiger partial charge < -0.3 is 4.90 Å². The Morgan fingerprint density at radius 3 is 1.36 bits per heavy atom. The van der Waals surface area contributed by atoms with Crippen LogP contribution in [0.15, 0.2) is 309 Å². The maximum Gasteiger partial charge on any atom is 0.189 e. The number of para-hydroxylation sites is 3. The van der Waals surface area contributed by atoms with E-state index in [9.17, 15) is 0 Å². The van der Waals surface area contributed by atoms with Crippen molar-refractivity contribution < 1.29 is 0 Å². The molecule has 2 heterocycles. The Morgan fingerprint density at radius 2 is 0.750 bits per heavy atom. The van der Waals surface area contributed by atoms with E-state index in [0.717, 1.165) is 45.5 Å². The van der Waals surface area contributed by atoms with Crippen molar-refractivity contribution in [2.24, 2.45) is 0 Å². The van der Waals surface area contributed by atoms with Crippen LogP contribution in [0.2, 0.25) is 0 Å². The Kier molecular flexibility index (Phi) is 11.2. The van der Waals surface area contributed by atoms with Crippen LogP contribution in [0.25, 0.3) is 60.7 Å². The van der Waals surface area contributed by atoms with E-state index in [-0.39, 0.29) is 0 Å². The molecule has 0 saturated carbocycles. The molecule has 1 aliphatic rings. The molecule has 0 fully saturated rings. The van der Waals surface area contributed by atoms with Crippen LogP contribution in [0.5, 0.6) is 0 Å². The highest BCUT2D eigenvalue weighted by atomic mass is 28.3. The van der Waals surface area contributed by atoms with Gasteiger partial charge in [-0.1, -0.05) is 243 Å². The third kappa shape index (κ3) is 7.41. The standard InChI is InChI=1S/C72H51N3Si/c1-6-22-52(23-7-1)53-40-42-54(43-41-53)55-44-48-60(49-45-55)73(61-50-46-57(47-51-61)65-36-20-25-56-24-16-17-34-64(56)65)68-38-21-39-69-71(68)76(62-30-12-4-13-31-62,63-32-14-5-15-33-63)70-66-35-18-19-37-67(66)74(58-26-8-2-9-27-58)72(70)75(69)59-28-10-3-11-29-59/h1-51H. The van der Waals surface area contributed by atoms with Crippen molar-refractivity contribution in [3.63, 3.8) is 0 Å². The molecule has 3 nitrogen and oxygen atoms in total. The van der Waals surface area contributed by atoms with E-state index in [1.807, 2.05) is 0 Å². The number of fused-ring (bicyclic) bond motifs is 5. The number of anilines is 6. The van der Waals surface area contributed by atoms with Crippen molar-refractivity contribution in [1.29, 1.82) is 0 Å². The van der Waals surface area contributed by atoms with Gasteiger partial charge in [-0.2, -0.15) is 0 Å². The van der Waals surface area contributed by atoms with Gasteiger partial charge in [-0.05, 0) is 121 Å². The number of hydrogen-bond acceptors (Lipinski definition) is 2. The molecule has 4 heteroatoms. The van der Waals surface area contributed by atoms with Crippen molar-refractivity contribution in [3.05, 3.63) is 309 Å². The van der Waals surface area contributed by atoms with Crippen LogP contribution >= 0.6 is 0 Å². The van der Waals surface area contributed by atoms with Crippen LogP contribution < -0.4 is 30.5 Å². The predicted octanol–water partition coefficient (Wildman–Crippen LogP) is 16.4. The molecule has 0 amide bonds. The predicted molar refractivity (Wildman–Crippen MR) is 324 cm³/mol. The first kappa shape index (κ1) is 44.9. The lowest BCUT2D eigenvalue weighted by atomic mass is 9.98. The highest BCUT2D eigenvalue weighted by Gasteiger charge is 2.54. The van der Waals surface area contributed by atoms with Gasteiger partial charge in [-0.25, -0.2) is 0 Å². The van der Waals surface area contributed by atoms with Crippen LogP contribution in [0.3, 0.4) is 0 Å². The van der Waals surface area contributed by atoms with E-state index in [1.54, 1.807) is 0 Å². The quantitative estimate of drug-likeness (QED) is 0.127. The minimum absolute atomic E-state index is 1.07. The third-order valence-electron chi connectivity index (χ3n) is 15.4. The number of rotatable bonds is 10. The summed E-state index contributed by atoms with van der Waals surface area (Å²) in [5, 5.41) is 9.03. The van der Waals surface area contributed by atoms with Crippen LogP contribution in [-0.4, -0.2) is 12.6 Å². The van der Waals surface area contributed by atoms with Gasteiger partial charge in [-0.15, -0.1) is 0 Å². The summed E-state index contributed by atoms with van der Waals surface area (Å²) in [6.07, 6.45) is 0. The molecular formula is C72H51N3Si. The minimum Gasteiger partial charge on any atom is -0.311 e. The third-order valence-corrected chi connectivity index (χ3v) is 20.3. The second-order valence-corrected chi connectivity index (χ2v) is 23.3. The van der Waals surface area contributed by atoms with E-state index in [1.165, 1.54) is 70.2 Å². The average Bonchev–Trinajstić information content (AvgIpc) is 3.88.